The topological polar surface area (TPSA) is 42.0 Å². The second-order valence-corrected chi connectivity index (χ2v) is 5.14. The minimum absolute atomic E-state index is 0.160. The predicted octanol–water partition coefficient (Wildman–Crippen LogP) is 3.03. The van der Waals surface area contributed by atoms with Crippen LogP contribution in [0.3, 0.4) is 0 Å². The normalized spacial score (nSPS) is 12.2. The molecule has 1 amide bonds. The molecule has 5 heteroatoms. The standard InChI is InChI=1S/C11H14BrClN2O/c1-2-8(12)5-6-14-11(16)10-4-3-9(13)7-15-10/h3-4,7-8H,2,5-6H2,1H3,(H,14,16). The van der Waals surface area contributed by atoms with Crippen molar-refractivity contribution in [2.45, 2.75) is 24.6 Å². The summed E-state index contributed by atoms with van der Waals surface area (Å²) in [6, 6.07) is 3.27. The van der Waals surface area contributed by atoms with Gasteiger partial charge in [-0.15, -0.1) is 0 Å². The Morgan fingerprint density at radius 3 is 2.94 bits per heavy atom. The van der Waals surface area contributed by atoms with E-state index in [9.17, 15) is 4.79 Å². The van der Waals surface area contributed by atoms with Crippen LogP contribution in [0.15, 0.2) is 18.3 Å². The van der Waals surface area contributed by atoms with Crippen LogP contribution in [-0.2, 0) is 0 Å². The Kier molecular flexibility index (Phi) is 5.77. The highest BCUT2D eigenvalue weighted by molar-refractivity contribution is 9.09. The third-order valence-corrected chi connectivity index (χ3v) is 3.48. The first-order valence-electron chi connectivity index (χ1n) is 5.17. The molecule has 0 saturated heterocycles. The van der Waals surface area contributed by atoms with E-state index in [-0.39, 0.29) is 5.91 Å². The van der Waals surface area contributed by atoms with E-state index in [2.05, 4.69) is 33.2 Å². The molecular weight excluding hydrogens is 291 g/mol. The molecular formula is C11H14BrClN2O. The van der Waals surface area contributed by atoms with Crippen LogP contribution in [0.5, 0.6) is 0 Å². The first-order valence-corrected chi connectivity index (χ1v) is 6.46. The van der Waals surface area contributed by atoms with E-state index in [1.54, 1.807) is 12.1 Å². The van der Waals surface area contributed by atoms with E-state index in [4.69, 9.17) is 11.6 Å². The van der Waals surface area contributed by atoms with Crippen molar-refractivity contribution >= 4 is 33.4 Å². The van der Waals surface area contributed by atoms with Gasteiger partial charge in [0.05, 0.1) is 5.02 Å². The maximum absolute atomic E-state index is 11.6. The van der Waals surface area contributed by atoms with Gasteiger partial charge in [0.1, 0.15) is 5.69 Å². The van der Waals surface area contributed by atoms with Crippen LogP contribution in [-0.4, -0.2) is 22.3 Å². The van der Waals surface area contributed by atoms with Gasteiger partial charge in [-0.3, -0.25) is 4.79 Å². The van der Waals surface area contributed by atoms with Gasteiger partial charge in [-0.2, -0.15) is 0 Å². The lowest BCUT2D eigenvalue weighted by Crippen LogP contribution is -2.26. The highest BCUT2D eigenvalue weighted by Gasteiger charge is 2.07. The van der Waals surface area contributed by atoms with Crippen LogP contribution in [0.1, 0.15) is 30.3 Å². The van der Waals surface area contributed by atoms with Gasteiger partial charge in [0, 0.05) is 17.6 Å². The minimum atomic E-state index is -0.160. The summed E-state index contributed by atoms with van der Waals surface area (Å²) in [6.07, 6.45) is 3.43. The molecule has 0 bridgehead atoms. The molecule has 16 heavy (non-hydrogen) atoms. The molecule has 0 spiro atoms. The number of halogens is 2. The zero-order chi connectivity index (χ0) is 12.0. The number of hydrogen-bond acceptors (Lipinski definition) is 2. The van der Waals surface area contributed by atoms with Crippen LogP contribution in [0, 0.1) is 0 Å². The maximum atomic E-state index is 11.6. The average molecular weight is 306 g/mol. The number of rotatable bonds is 5. The average Bonchev–Trinajstić information content (AvgIpc) is 2.29. The van der Waals surface area contributed by atoms with Gasteiger partial charge in [-0.1, -0.05) is 34.5 Å². The number of pyridine rings is 1. The lowest BCUT2D eigenvalue weighted by atomic mass is 10.2. The molecule has 0 fully saturated rings. The number of carbonyl (C=O) groups excluding carboxylic acids is 1. The first-order chi connectivity index (χ1) is 7.63. The molecule has 1 aromatic rings. The Labute approximate surface area is 109 Å². The number of alkyl halides is 1. The number of carbonyl (C=O) groups is 1. The summed E-state index contributed by atoms with van der Waals surface area (Å²) >= 11 is 9.19. The van der Waals surface area contributed by atoms with Crippen LogP contribution in [0.2, 0.25) is 5.02 Å². The van der Waals surface area contributed by atoms with Gasteiger partial charge >= 0.3 is 0 Å². The summed E-state index contributed by atoms with van der Waals surface area (Å²) in [6.45, 7) is 2.74. The van der Waals surface area contributed by atoms with Crippen molar-refractivity contribution in [2.24, 2.45) is 0 Å². The fraction of sp³-hybridized carbons (Fsp3) is 0.455. The fourth-order valence-corrected chi connectivity index (χ4v) is 1.49. The van der Waals surface area contributed by atoms with Crippen molar-refractivity contribution in [3.8, 4) is 0 Å². The fourth-order valence-electron chi connectivity index (χ4n) is 1.15. The van der Waals surface area contributed by atoms with Gasteiger partial charge < -0.3 is 5.32 Å². The largest absolute Gasteiger partial charge is 0.351 e. The smallest absolute Gasteiger partial charge is 0.269 e. The molecule has 1 atom stereocenters. The molecule has 0 aliphatic rings. The van der Waals surface area contributed by atoms with Gasteiger partial charge in [-0.05, 0) is 25.0 Å². The molecule has 1 heterocycles. The van der Waals surface area contributed by atoms with Crippen LogP contribution < -0.4 is 5.32 Å². The van der Waals surface area contributed by atoms with Crippen molar-refractivity contribution in [1.82, 2.24) is 10.3 Å². The Morgan fingerprint density at radius 2 is 2.38 bits per heavy atom. The third-order valence-electron chi connectivity index (χ3n) is 2.15. The Morgan fingerprint density at radius 1 is 1.62 bits per heavy atom. The number of aromatic nitrogens is 1. The third kappa shape index (κ3) is 4.49. The van der Waals surface area contributed by atoms with Crippen LogP contribution in [0.4, 0.5) is 0 Å². The number of nitrogens with zero attached hydrogens (tertiary/aromatic N) is 1. The first kappa shape index (κ1) is 13.5. The van der Waals surface area contributed by atoms with Gasteiger partial charge in [0.15, 0.2) is 0 Å². The lowest BCUT2D eigenvalue weighted by Gasteiger charge is -2.07. The van der Waals surface area contributed by atoms with E-state index in [0.717, 1.165) is 12.8 Å². The molecule has 1 rings (SSSR count). The monoisotopic (exact) mass is 304 g/mol. The summed E-state index contributed by atoms with van der Waals surface area (Å²) in [5.41, 5.74) is 0.395. The van der Waals surface area contributed by atoms with E-state index in [0.29, 0.717) is 22.1 Å². The second kappa shape index (κ2) is 6.86. The SMILES string of the molecule is CCC(Br)CCNC(=O)c1ccc(Cl)cn1. The summed E-state index contributed by atoms with van der Waals surface area (Å²) in [4.78, 5) is 16.0. The molecule has 0 radical (unpaired) electrons. The van der Waals surface area contributed by atoms with E-state index < -0.39 is 0 Å². The summed E-state index contributed by atoms with van der Waals surface area (Å²) in [5, 5.41) is 3.34. The minimum Gasteiger partial charge on any atom is -0.351 e. The Balaban J connectivity index is 2.38. The van der Waals surface area contributed by atoms with E-state index >= 15 is 0 Å². The second-order valence-electron chi connectivity index (χ2n) is 3.41. The van der Waals surface area contributed by atoms with Crippen LogP contribution in [0.25, 0.3) is 0 Å². The molecule has 3 nitrogen and oxygen atoms in total. The van der Waals surface area contributed by atoms with Gasteiger partial charge in [0.25, 0.3) is 5.91 Å². The van der Waals surface area contributed by atoms with Gasteiger partial charge in [-0.25, -0.2) is 4.98 Å². The van der Waals surface area contributed by atoms with Crippen molar-refractivity contribution in [3.05, 3.63) is 29.0 Å². The maximum Gasteiger partial charge on any atom is 0.269 e. The predicted molar refractivity (Wildman–Crippen MR) is 69.2 cm³/mol. The van der Waals surface area contributed by atoms with E-state index in [1.165, 1.54) is 6.20 Å². The lowest BCUT2D eigenvalue weighted by molar-refractivity contribution is 0.0948. The highest BCUT2D eigenvalue weighted by Crippen LogP contribution is 2.08. The molecule has 0 aliphatic heterocycles. The van der Waals surface area contributed by atoms with Gasteiger partial charge in [0.2, 0.25) is 0 Å². The summed E-state index contributed by atoms with van der Waals surface area (Å²) in [5.74, 6) is -0.160. The van der Waals surface area contributed by atoms with Crippen molar-refractivity contribution in [2.75, 3.05) is 6.54 Å². The Hall–Kier alpha value is -0.610. The van der Waals surface area contributed by atoms with Crippen molar-refractivity contribution in [1.29, 1.82) is 0 Å². The van der Waals surface area contributed by atoms with E-state index in [1.807, 2.05) is 0 Å². The molecule has 88 valence electrons. The molecule has 0 saturated carbocycles. The van der Waals surface area contributed by atoms with Crippen LogP contribution >= 0.6 is 27.5 Å². The van der Waals surface area contributed by atoms with Crippen molar-refractivity contribution in [3.63, 3.8) is 0 Å². The molecule has 0 aliphatic carbocycles. The molecule has 1 N–H and O–H groups in total. The van der Waals surface area contributed by atoms with Crippen molar-refractivity contribution < 1.29 is 4.79 Å². The number of amides is 1. The molecule has 0 aromatic carbocycles. The zero-order valence-electron chi connectivity index (χ0n) is 9.04. The number of hydrogen-bond donors (Lipinski definition) is 1. The summed E-state index contributed by atoms with van der Waals surface area (Å²) in [7, 11) is 0. The molecule has 1 unspecified atom stereocenters. The quantitative estimate of drug-likeness (QED) is 0.850. The molecule has 1 aromatic heterocycles. The number of nitrogens with one attached hydrogen (secondary N) is 1. The Bertz CT molecular complexity index is 342. The summed E-state index contributed by atoms with van der Waals surface area (Å²) < 4.78 is 0. The zero-order valence-corrected chi connectivity index (χ0v) is 11.4. The highest BCUT2D eigenvalue weighted by atomic mass is 79.9.